The minimum atomic E-state index is -0.298. The molecule has 1 saturated heterocycles. The van der Waals surface area contributed by atoms with Gasteiger partial charge in [0.05, 0.1) is 5.56 Å². The van der Waals surface area contributed by atoms with E-state index < -0.39 is 0 Å². The first-order chi connectivity index (χ1) is 11.1. The first-order valence-electron chi connectivity index (χ1n) is 7.76. The van der Waals surface area contributed by atoms with Crippen LogP contribution in [0.15, 0.2) is 36.7 Å². The van der Waals surface area contributed by atoms with Gasteiger partial charge in [0, 0.05) is 31.2 Å². The lowest BCUT2D eigenvalue weighted by molar-refractivity contribution is 0.0682. The molecule has 1 aliphatic rings. The summed E-state index contributed by atoms with van der Waals surface area (Å²) < 4.78 is 12.9. The Labute approximate surface area is 134 Å². The van der Waals surface area contributed by atoms with Crippen molar-refractivity contribution in [1.29, 1.82) is 0 Å². The molecule has 2 heterocycles. The fraction of sp³-hybridized carbons (Fsp3) is 0.353. The molecule has 1 unspecified atom stereocenters. The van der Waals surface area contributed by atoms with Gasteiger partial charge in [-0.2, -0.15) is 0 Å². The number of hydrogen-bond acceptors (Lipinski definition) is 4. The van der Waals surface area contributed by atoms with Crippen molar-refractivity contribution in [2.75, 3.05) is 18.4 Å². The van der Waals surface area contributed by atoms with Gasteiger partial charge >= 0.3 is 0 Å². The second kappa shape index (κ2) is 6.73. The van der Waals surface area contributed by atoms with Crippen molar-refractivity contribution in [3.63, 3.8) is 0 Å². The number of halogens is 1. The largest absolute Gasteiger partial charge is 0.338 e. The zero-order valence-corrected chi connectivity index (χ0v) is 13.0. The van der Waals surface area contributed by atoms with Gasteiger partial charge < -0.3 is 10.2 Å². The van der Waals surface area contributed by atoms with Crippen LogP contribution in [0.4, 0.5) is 16.0 Å². The van der Waals surface area contributed by atoms with Crippen molar-refractivity contribution in [2.24, 2.45) is 5.92 Å². The van der Waals surface area contributed by atoms with Gasteiger partial charge in [0.15, 0.2) is 0 Å². The molecule has 6 heteroatoms. The van der Waals surface area contributed by atoms with Crippen molar-refractivity contribution >= 4 is 17.5 Å². The van der Waals surface area contributed by atoms with Crippen LogP contribution >= 0.6 is 0 Å². The summed E-state index contributed by atoms with van der Waals surface area (Å²) in [5, 5.41) is 2.97. The van der Waals surface area contributed by atoms with E-state index in [0.717, 1.165) is 19.5 Å². The van der Waals surface area contributed by atoms with Gasteiger partial charge in [0.2, 0.25) is 5.95 Å². The number of nitrogens with one attached hydrogen (secondary N) is 1. The molecule has 1 fully saturated rings. The van der Waals surface area contributed by atoms with Gasteiger partial charge in [0.1, 0.15) is 5.82 Å². The molecule has 1 aliphatic heterocycles. The predicted octanol–water partition coefficient (Wildman–Crippen LogP) is 3.23. The molecular weight excluding hydrogens is 295 g/mol. The highest BCUT2D eigenvalue weighted by Gasteiger charge is 2.22. The van der Waals surface area contributed by atoms with Gasteiger partial charge in [-0.05, 0) is 43.0 Å². The lowest BCUT2D eigenvalue weighted by Gasteiger charge is -2.30. The van der Waals surface area contributed by atoms with Gasteiger partial charge in [-0.15, -0.1) is 0 Å². The number of likely N-dealkylation sites (tertiary alicyclic amines) is 1. The van der Waals surface area contributed by atoms with Crippen LogP contribution < -0.4 is 5.32 Å². The summed E-state index contributed by atoms with van der Waals surface area (Å²) in [6, 6.07) is 5.93. The number of hydrogen-bond donors (Lipinski definition) is 1. The zero-order valence-electron chi connectivity index (χ0n) is 13.0. The monoisotopic (exact) mass is 314 g/mol. The highest BCUT2D eigenvalue weighted by molar-refractivity contribution is 5.93. The third-order valence-electron chi connectivity index (χ3n) is 3.94. The summed E-state index contributed by atoms with van der Waals surface area (Å²) in [5.41, 5.74) is 1.18. The van der Waals surface area contributed by atoms with Crippen molar-refractivity contribution < 1.29 is 9.18 Å². The molecule has 23 heavy (non-hydrogen) atoms. The molecule has 0 spiro atoms. The number of aromatic nitrogens is 2. The van der Waals surface area contributed by atoms with Crippen LogP contribution in [-0.4, -0.2) is 33.9 Å². The molecule has 1 N–H and O–H groups in total. The summed E-state index contributed by atoms with van der Waals surface area (Å²) >= 11 is 0. The first kappa shape index (κ1) is 15.4. The number of benzene rings is 1. The van der Waals surface area contributed by atoms with E-state index in [4.69, 9.17) is 0 Å². The normalized spacial score (nSPS) is 17.8. The Morgan fingerprint density at radius 2 is 1.96 bits per heavy atom. The van der Waals surface area contributed by atoms with Gasteiger partial charge in [-0.1, -0.05) is 6.92 Å². The van der Waals surface area contributed by atoms with Gasteiger partial charge in [0.25, 0.3) is 5.91 Å². The van der Waals surface area contributed by atoms with E-state index >= 15 is 0 Å². The third-order valence-corrected chi connectivity index (χ3v) is 3.94. The van der Waals surface area contributed by atoms with Gasteiger partial charge in [-0.3, -0.25) is 4.79 Å². The summed E-state index contributed by atoms with van der Waals surface area (Å²) in [6.07, 6.45) is 5.26. The summed E-state index contributed by atoms with van der Waals surface area (Å²) in [4.78, 5) is 22.6. The fourth-order valence-electron chi connectivity index (χ4n) is 2.72. The Balaban J connectivity index is 1.66. The Bertz CT molecular complexity index is 672. The molecule has 120 valence electrons. The van der Waals surface area contributed by atoms with Crippen LogP contribution in [0.1, 0.15) is 30.1 Å². The lowest BCUT2D eigenvalue weighted by Crippen LogP contribution is -2.39. The molecule has 0 radical (unpaired) electrons. The SMILES string of the molecule is CC1CCCN(C(=O)c2cnc(Nc3ccc(F)cc3)nc2)C1. The molecule has 3 rings (SSSR count). The number of rotatable bonds is 3. The summed E-state index contributed by atoms with van der Waals surface area (Å²) in [7, 11) is 0. The Hall–Kier alpha value is -2.50. The lowest BCUT2D eigenvalue weighted by atomic mass is 10.00. The third kappa shape index (κ3) is 3.83. The van der Waals surface area contributed by atoms with Crippen molar-refractivity contribution in [3.8, 4) is 0 Å². The molecule has 2 aromatic rings. The second-order valence-corrected chi connectivity index (χ2v) is 5.93. The number of anilines is 2. The standard InChI is InChI=1S/C17H19FN4O/c1-12-3-2-8-22(11-12)16(23)13-9-19-17(20-10-13)21-15-6-4-14(18)5-7-15/h4-7,9-10,12H,2-3,8,11H2,1H3,(H,19,20,21). The quantitative estimate of drug-likeness (QED) is 0.945. The predicted molar refractivity (Wildman–Crippen MR) is 86.0 cm³/mol. The maximum absolute atomic E-state index is 12.9. The van der Waals surface area contributed by atoms with Crippen LogP contribution in [-0.2, 0) is 0 Å². The van der Waals surface area contributed by atoms with E-state index in [9.17, 15) is 9.18 Å². The summed E-state index contributed by atoms with van der Waals surface area (Å²) in [6.45, 7) is 3.73. The second-order valence-electron chi connectivity index (χ2n) is 5.93. The molecule has 5 nitrogen and oxygen atoms in total. The summed E-state index contributed by atoms with van der Waals surface area (Å²) in [5.74, 6) is 0.589. The smallest absolute Gasteiger partial charge is 0.257 e. The number of carbonyl (C=O) groups is 1. The van der Waals surface area contributed by atoms with E-state index in [1.54, 1.807) is 12.1 Å². The average molecular weight is 314 g/mol. The molecular formula is C17H19FN4O. The molecule has 0 saturated carbocycles. The zero-order chi connectivity index (χ0) is 16.2. The molecule has 1 aromatic carbocycles. The molecule has 0 aliphatic carbocycles. The maximum Gasteiger partial charge on any atom is 0.257 e. The van der Waals surface area contributed by atoms with Crippen molar-refractivity contribution in [1.82, 2.24) is 14.9 Å². The molecule has 1 aromatic heterocycles. The fourth-order valence-corrected chi connectivity index (χ4v) is 2.72. The van der Waals surface area contributed by atoms with Crippen molar-refractivity contribution in [2.45, 2.75) is 19.8 Å². The number of amides is 1. The Morgan fingerprint density at radius 3 is 2.61 bits per heavy atom. The highest BCUT2D eigenvalue weighted by Crippen LogP contribution is 2.18. The number of piperidine rings is 1. The van der Waals surface area contributed by atoms with E-state index in [-0.39, 0.29) is 11.7 Å². The van der Waals surface area contributed by atoms with Crippen LogP contribution in [0.25, 0.3) is 0 Å². The van der Waals surface area contributed by atoms with Gasteiger partial charge in [-0.25, -0.2) is 14.4 Å². The van der Waals surface area contributed by atoms with Crippen LogP contribution in [0.5, 0.6) is 0 Å². The van der Waals surface area contributed by atoms with E-state index in [1.807, 2.05) is 4.90 Å². The average Bonchev–Trinajstić information content (AvgIpc) is 2.57. The maximum atomic E-state index is 12.9. The molecule has 0 bridgehead atoms. The minimum Gasteiger partial charge on any atom is -0.338 e. The molecule has 1 amide bonds. The topological polar surface area (TPSA) is 58.1 Å². The van der Waals surface area contributed by atoms with E-state index in [2.05, 4.69) is 22.2 Å². The minimum absolute atomic E-state index is 0.0233. The molecule has 1 atom stereocenters. The number of carbonyl (C=O) groups excluding carboxylic acids is 1. The van der Waals surface area contributed by atoms with Crippen LogP contribution in [0.3, 0.4) is 0 Å². The van der Waals surface area contributed by atoms with E-state index in [0.29, 0.717) is 23.1 Å². The van der Waals surface area contributed by atoms with Crippen molar-refractivity contribution in [3.05, 3.63) is 48.0 Å². The van der Waals surface area contributed by atoms with Crippen LogP contribution in [0, 0.1) is 11.7 Å². The first-order valence-corrected chi connectivity index (χ1v) is 7.76. The Morgan fingerprint density at radius 1 is 1.26 bits per heavy atom. The Kier molecular flexibility index (Phi) is 4.50. The number of nitrogens with zero attached hydrogens (tertiary/aromatic N) is 3. The van der Waals surface area contributed by atoms with E-state index in [1.165, 1.54) is 30.9 Å². The highest BCUT2D eigenvalue weighted by atomic mass is 19.1. The van der Waals surface area contributed by atoms with Crippen LogP contribution in [0.2, 0.25) is 0 Å².